The topological polar surface area (TPSA) is 54.0 Å². The summed E-state index contributed by atoms with van der Waals surface area (Å²) in [4.78, 5) is 16.7. The molecule has 1 aromatic heterocycles. The Bertz CT molecular complexity index is 821. The molecule has 0 radical (unpaired) electrons. The van der Waals surface area contributed by atoms with Crippen molar-refractivity contribution in [3.8, 4) is 0 Å². The van der Waals surface area contributed by atoms with Crippen molar-refractivity contribution in [2.24, 2.45) is 0 Å². The first kappa shape index (κ1) is 12.7. The Morgan fingerprint density at radius 3 is 3.05 bits per heavy atom. The van der Waals surface area contributed by atoms with E-state index in [-0.39, 0.29) is 11.9 Å². The van der Waals surface area contributed by atoms with E-state index in [1.165, 1.54) is 10.8 Å². The van der Waals surface area contributed by atoms with Crippen LogP contribution in [0.4, 0.5) is 5.13 Å². The molecule has 2 heterocycles. The Labute approximate surface area is 126 Å². The molecule has 4 rings (SSSR count). The van der Waals surface area contributed by atoms with Gasteiger partial charge in [0.05, 0.1) is 16.3 Å². The van der Waals surface area contributed by atoms with Crippen LogP contribution in [0.25, 0.3) is 21.0 Å². The number of carbonyl (C=O) groups excluding carboxylic acids is 1. The average Bonchev–Trinajstić information content (AvgIpc) is 3.16. The lowest BCUT2D eigenvalue weighted by Crippen LogP contribution is -2.35. The van der Waals surface area contributed by atoms with Crippen molar-refractivity contribution in [3.05, 3.63) is 36.4 Å². The van der Waals surface area contributed by atoms with Crippen LogP contribution in [0.15, 0.2) is 36.4 Å². The molecule has 1 atom stereocenters. The molecule has 106 valence electrons. The first-order valence-corrected chi connectivity index (χ1v) is 7.95. The third-order valence-corrected chi connectivity index (χ3v) is 4.91. The van der Waals surface area contributed by atoms with Crippen molar-refractivity contribution in [2.45, 2.75) is 18.9 Å². The van der Waals surface area contributed by atoms with E-state index in [1.54, 1.807) is 11.3 Å². The summed E-state index contributed by atoms with van der Waals surface area (Å²) >= 11 is 1.54. The summed E-state index contributed by atoms with van der Waals surface area (Å²) in [6.07, 6.45) is 1.96. The van der Waals surface area contributed by atoms with Crippen molar-refractivity contribution in [3.63, 3.8) is 0 Å². The molecule has 3 aromatic rings. The highest BCUT2D eigenvalue weighted by atomic mass is 32.1. The second-order valence-electron chi connectivity index (χ2n) is 5.29. The van der Waals surface area contributed by atoms with E-state index in [0.717, 1.165) is 29.6 Å². The molecule has 0 aliphatic carbocycles. The maximum absolute atomic E-state index is 12.1. The zero-order valence-corrected chi connectivity index (χ0v) is 12.2. The monoisotopic (exact) mass is 297 g/mol. The average molecular weight is 297 g/mol. The van der Waals surface area contributed by atoms with Gasteiger partial charge in [0.15, 0.2) is 5.13 Å². The Morgan fingerprint density at radius 1 is 1.29 bits per heavy atom. The normalized spacial score (nSPS) is 18.4. The largest absolute Gasteiger partial charge is 0.306 e. The summed E-state index contributed by atoms with van der Waals surface area (Å²) in [5, 5.41) is 9.21. The summed E-state index contributed by atoms with van der Waals surface area (Å²) in [7, 11) is 0. The first-order chi connectivity index (χ1) is 10.3. The van der Waals surface area contributed by atoms with Gasteiger partial charge >= 0.3 is 0 Å². The molecule has 4 nitrogen and oxygen atoms in total. The number of nitrogens with one attached hydrogen (secondary N) is 2. The highest BCUT2D eigenvalue weighted by molar-refractivity contribution is 7.23. The van der Waals surface area contributed by atoms with Gasteiger partial charge in [-0.05, 0) is 30.8 Å². The number of aromatic nitrogens is 1. The molecule has 5 heteroatoms. The predicted molar refractivity (Wildman–Crippen MR) is 86.8 cm³/mol. The fourth-order valence-corrected chi connectivity index (χ4v) is 3.81. The maximum atomic E-state index is 12.1. The molecule has 1 saturated heterocycles. The quantitative estimate of drug-likeness (QED) is 0.764. The number of carbonyl (C=O) groups is 1. The summed E-state index contributed by atoms with van der Waals surface area (Å²) < 4.78 is 1.13. The van der Waals surface area contributed by atoms with Crippen molar-refractivity contribution >= 4 is 43.4 Å². The van der Waals surface area contributed by atoms with Gasteiger partial charge in [-0.1, -0.05) is 41.7 Å². The minimum atomic E-state index is -0.0752. The number of amides is 1. The number of nitrogens with zero attached hydrogens (tertiary/aromatic N) is 1. The Kier molecular flexibility index (Phi) is 3.09. The summed E-state index contributed by atoms with van der Waals surface area (Å²) in [6.45, 7) is 0.919. The molecule has 0 saturated carbocycles. The van der Waals surface area contributed by atoms with Gasteiger partial charge < -0.3 is 10.6 Å². The number of anilines is 1. The van der Waals surface area contributed by atoms with Crippen LogP contribution in [0.2, 0.25) is 0 Å². The van der Waals surface area contributed by atoms with Crippen LogP contribution in [-0.2, 0) is 4.79 Å². The Morgan fingerprint density at radius 2 is 2.19 bits per heavy atom. The molecule has 1 aliphatic heterocycles. The molecule has 2 aromatic carbocycles. The lowest BCUT2D eigenvalue weighted by atomic mass is 10.1. The lowest BCUT2D eigenvalue weighted by Gasteiger charge is -2.08. The smallest absolute Gasteiger partial charge is 0.243 e. The Hall–Kier alpha value is -1.98. The number of hydrogen-bond acceptors (Lipinski definition) is 4. The SMILES string of the molecule is O=C(Nc1nc2ccc3ccccc3c2s1)[C@H]1CCCN1. The van der Waals surface area contributed by atoms with Gasteiger partial charge in [0.25, 0.3) is 0 Å². The molecule has 1 amide bonds. The number of hydrogen-bond donors (Lipinski definition) is 2. The minimum absolute atomic E-state index is 0.0239. The molecule has 1 fully saturated rings. The van der Waals surface area contributed by atoms with Crippen LogP contribution in [0.1, 0.15) is 12.8 Å². The second kappa shape index (κ2) is 5.09. The summed E-state index contributed by atoms with van der Waals surface area (Å²) in [6, 6.07) is 12.3. The molecule has 21 heavy (non-hydrogen) atoms. The van der Waals surface area contributed by atoms with Crippen molar-refractivity contribution < 1.29 is 4.79 Å². The van der Waals surface area contributed by atoms with Crippen LogP contribution in [0.3, 0.4) is 0 Å². The van der Waals surface area contributed by atoms with Crippen LogP contribution in [0, 0.1) is 0 Å². The molecule has 0 bridgehead atoms. The molecular weight excluding hydrogens is 282 g/mol. The van der Waals surface area contributed by atoms with Gasteiger partial charge in [0, 0.05) is 5.39 Å². The van der Waals surface area contributed by atoms with E-state index in [0.29, 0.717) is 5.13 Å². The second-order valence-corrected chi connectivity index (χ2v) is 6.29. The highest BCUT2D eigenvalue weighted by Crippen LogP contribution is 2.32. The molecule has 0 spiro atoms. The summed E-state index contributed by atoms with van der Waals surface area (Å²) in [5.41, 5.74) is 0.938. The Balaban J connectivity index is 1.70. The van der Waals surface area contributed by atoms with Gasteiger partial charge in [0.1, 0.15) is 0 Å². The van der Waals surface area contributed by atoms with Gasteiger partial charge in [-0.3, -0.25) is 4.79 Å². The van der Waals surface area contributed by atoms with Crippen LogP contribution in [0.5, 0.6) is 0 Å². The molecular formula is C16H15N3OS. The predicted octanol–water partition coefficient (Wildman–Crippen LogP) is 3.14. The highest BCUT2D eigenvalue weighted by Gasteiger charge is 2.22. The van der Waals surface area contributed by atoms with Crippen LogP contribution >= 0.6 is 11.3 Å². The zero-order valence-electron chi connectivity index (χ0n) is 11.4. The maximum Gasteiger partial charge on any atom is 0.243 e. The first-order valence-electron chi connectivity index (χ1n) is 7.14. The van der Waals surface area contributed by atoms with Gasteiger partial charge in [-0.25, -0.2) is 4.98 Å². The number of thiazole rings is 1. The van der Waals surface area contributed by atoms with E-state index >= 15 is 0 Å². The molecule has 0 unspecified atom stereocenters. The van der Waals surface area contributed by atoms with E-state index in [1.807, 2.05) is 18.2 Å². The molecule has 1 aliphatic rings. The fraction of sp³-hybridized carbons (Fsp3) is 0.250. The third kappa shape index (κ3) is 2.28. The molecule has 2 N–H and O–H groups in total. The van der Waals surface area contributed by atoms with E-state index in [9.17, 15) is 4.79 Å². The number of rotatable bonds is 2. The third-order valence-electron chi connectivity index (χ3n) is 3.89. The van der Waals surface area contributed by atoms with Gasteiger partial charge in [-0.2, -0.15) is 0 Å². The minimum Gasteiger partial charge on any atom is -0.306 e. The van der Waals surface area contributed by atoms with Gasteiger partial charge in [0.2, 0.25) is 5.91 Å². The fourth-order valence-electron chi connectivity index (χ4n) is 2.81. The zero-order chi connectivity index (χ0) is 14.2. The van der Waals surface area contributed by atoms with E-state index in [2.05, 4.69) is 33.8 Å². The van der Waals surface area contributed by atoms with Crippen molar-refractivity contribution in [1.82, 2.24) is 10.3 Å². The van der Waals surface area contributed by atoms with Crippen LogP contribution in [-0.4, -0.2) is 23.5 Å². The summed E-state index contributed by atoms with van der Waals surface area (Å²) in [5.74, 6) is 0.0239. The van der Waals surface area contributed by atoms with Gasteiger partial charge in [-0.15, -0.1) is 0 Å². The van der Waals surface area contributed by atoms with E-state index in [4.69, 9.17) is 0 Å². The number of fused-ring (bicyclic) bond motifs is 3. The lowest BCUT2D eigenvalue weighted by molar-refractivity contribution is -0.117. The number of benzene rings is 2. The van der Waals surface area contributed by atoms with Crippen molar-refractivity contribution in [2.75, 3.05) is 11.9 Å². The standard InChI is InChI=1S/C16H15N3OS/c20-15(13-6-3-9-17-13)19-16-18-12-8-7-10-4-1-2-5-11(10)14(12)21-16/h1-2,4-5,7-8,13,17H,3,6,9H2,(H,18,19,20)/t13-/m1/s1. The van der Waals surface area contributed by atoms with E-state index < -0.39 is 0 Å². The van der Waals surface area contributed by atoms with Crippen LogP contribution < -0.4 is 10.6 Å². The van der Waals surface area contributed by atoms with Crippen molar-refractivity contribution in [1.29, 1.82) is 0 Å².